The molecule has 1 aliphatic carbocycles. The van der Waals surface area contributed by atoms with E-state index in [4.69, 9.17) is 14.2 Å². The quantitative estimate of drug-likeness (QED) is 0.179. The van der Waals surface area contributed by atoms with Crippen molar-refractivity contribution in [2.45, 2.75) is 31.3 Å². The van der Waals surface area contributed by atoms with E-state index in [1.807, 2.05) is 24.3 Å². The zero-order valence-electron chi connectivity index (χ0n) is 21.6. The molecule has 0 amide bonds. The molecule has 0 radical (unpaired) electrons. The Hall–Kier alpha value is -4.92. The molecule has 3 aromatic rings. The largest absolute Gasteiger partial charge is 0.489 e. The number of ketones is 1. The van der Waals surface area contributed by atoms with Crippen molar-refractivity contribution in [2.75, 3.05) is 0 Å². The molecule has 0 bridgehead atoms. The molecular weight excluding hydrogens is 531 g/mol. The summed E-state index contributed by atoms with van der Waals surface area (Å²) in [6.45, 7) is 0.210. The summed E-state index contributed by atoms with van der Waals surface area (Å²) in [6.07, 6.45) is 3.23. The Bertz CT molecular complexity index is 1610. The molecule has 0 spiro atoms. The number of hydrogen-bond donors (Lipinski definition) is 0. The smallest absolute Gasteiger partial charge is 0.321 e. The molecule has 4 unspecified atom stereocenters. The molecule has 206 valence electrons. The molecular formula is C32H23FO8. The minimum Gasteiger partial charge on any atom is -0.489 e. The third kappa shape index (κ3) is 5.18. The molecule has 2 fully saturated rings. The minimum atomic E-state index is -0.797. The summed E-state index contributed by atoms with van der Waals surface area (Å²) < 4.78 is 28.7. The van der Waals surface area contributed by atoms with Crippen LogP contribution >= 0.6 is 0 Å². The van der Waals surface area contributed by atoms with Crippen molar-refractivity contribution < 1.29 is 42.6 Å². The number of allylic oxidation sites excluding steroid dienone is 1. The molecule has 3 aliphatic rings. The zero-order valence-corrected chi connectivity index (χ0v) is 21.6. The van der Waals surface area contributed by atoms with E-state index >= 15 is 0 Å². The highest BCUT2D eigenvalue weighted by Crippen LogP contribution is 2.51. The lowest BCUT2D eigenvalue weighted by atomic mass is 9.67. The number of esters is 4. The maximum Gasteiger partial charge on any atom is 0.321 e. The predicted octanol–water partition coefficient (Wildman–Crippen LogP) is 4.66. The average molecular weight is 555 g/mol. The van der Waals surface area contributed by atoms with E-state index in [2.05, 4.69) is 0 Å². The molecule has 4 atom stereocenters. The van der Waals surface area contributed by atoms with Crippen LogP contribution in [0.3, 0.4) is 0 Å². The first kappa shape index (κ1) is 26.3. The first-order valence-electron chi connectivity index (χ1n) is 13.1. The van der Waals surface area contributed by atoms with Crippen molar-refractivity contribution in [3.05, 3.63) is 106 Å². The molecule has 6 rings (SSSR count). The van der Waals surface area contributed by atoms with Gasteiger partial charge in [-0.15, -0.1) is 0 Å². The Morgan fingerprint density at radius 2 is 1.56 bits per heavy atom. The number of cyclic esters (lactones) is 4. The van der Waals surface area contributed by atoms with E-state index in [1.54, 1.807) is 24.3 Å². The fraction of sp³-hybridized carbons (Fsp3) is 0.219. The summed E-state index contributed by atoms with van der Waals surface area (Å²) >= 11 is 0. The SMILES string of the molecule is O=C1CC(C2CC3C(=O)OC(=O)C3c3cc(OCc4ccc(/C=C/C(=O)c5ccc(F)cc5)cc4)ccc32)C(=O)O1. The number of fused-ring (bicyclic) bond motifs is 3. The van der Waals surface area contributed by atoms with E-state index in [-0.39, 0.29) is 25.2 Å². The van der Waals surface area contributed by atoms with Gasteiger partial charge in [0.05, 0.1) is 24.2 Å². The summed E-state index contributed by atoms with van der Waals surface area (Å²) in [6, 6.07) is 17.9. The van der Waals surface area contributed by atoms with Gasteiger partial charge < -0.3 is 14.2 Å². The minimum absolute atomic E-state index is 0.0762. The summed E-state index contributed by atoms with van der Waals surface area (Å²) in [5.74, 6) is -5.40. The third-order valence-corrected chi connectivity index (χ3v) is 7.79. The van der Waals surface area contributed by atoms with Crippen LogP contribution in [-0.4, -0.2) is 29.7 Å². The van der Waals surface area contributed by atoms with Crippen molar-refractivity contribution >= 4 is 35.7 Å². The lowest BCUT2D eigenvalue weighted by molar-refractivity contribution is -0.155. The van der Waals surface area contributed by atoms with Gasteiger partial charge in [0.15, 0.2) is 5.78 Å². The van der Waals surface area contributed by atoms with Crippen LogP contribution in [0.2, 0.25) is 0 Å². The number of hydrogen-bond acceptors (Lipinski definition) is 8. The lowest BCUT2D eigenvalue weighted by Crippen LogP contribution is -2.31. The molecule has 2 heterocycles. The molecule has 0 N–H and O–H groups in total. The number of rotatable bonds is 7. The number of ether oxygens (including phenoxy) is 3. The maximum atomic E-state index is 13.1. The van der Waals surface area contributed by atoms with Crippen molar-refractivity contribution in [3.63, 3.8) is 0 Å². The van der Waals surface area contributed by atoms with Crippen LogP contribution in [0.1, 0.15) is 57.3 Å². The van der Waals surface area contributed by atoms with Crippen molar-refractivity contribution in [3.8, 4) is 5.75 Å². The van der Waals surface area contributed by atoms with E-state index in [9.17, 15) is 28.4 Å². The van der Waals surface area contributed by atoms with Gasteiger partial charge in [-0.25, -0.2) is 4.39 Å². The highest BCUT2D eigenvalue weighted by atomic mass is 19.1. The summed E-state index contributed by atoms with van der Waals surface area (Å²) in [4.78, 5) is 61.4. The first-order valence-corrected chi connectivity index (χ1v) is 13.1. The normalized spacial score (nSPS) is 23.2. The van der Waals surface area contributed by atoms with E-state index in [1.165, 1.54) is 30.3 Å². The number of carbonyl (C=O) groups excluding carboxylic acids is 5. The number of carbonyl (C=O) groups is 5. The molecule has 0 aromatic heterocycles. The van der Waals surface area contributed by atoms with E-state index in [0.29, 0.717) is 22.4 Å². The molecule has 3 aromatic carbocycles. The van der Waals surface area contributed by atoms with Gasteiger partial charge >= 0.3 is 23.9 Å². The Kier molecular flexibility index (Phi) is 6.78. The van der Waals surface area contributed by atoms with Crippen LogP contribution in [0.5, 0.6) is 5.75 Å². The molecule has 8 nitrogen and oxygen atoms in total. The van der Waals surface area contributed by atoms with Gasteiger partial charge in [-0.2, -0.15) is 0 Å². The van der Waals surface area contributed by atoms with Crippen LogP contribution in [0, 0.1) is 17.7 Å². The molecule has 2 saturated heterocycles. The third-order valence-electron chi connectivity index (χ3n) is 7.79. The van der Waals surface area contributed by atoms with Crippen LogP contribution in [-0.2, 0) is 35.3 Å². The van der Waals surface area contributed by atoms with Crippen molar-refractivity contribution in [1.82, 2.24) is 0 Å². The van der Waals surface area contributed by atoms with E-state index in [0.717, 1.165) is 11.1 Å². The lowest BCUT2D eigenvalue weighted by Gasteiger charge is -2.33. The van der Waals surface area contributed by atoms with Gasteiger partial charge in [0, 0.05) is 5.56 Å². The van der Waals surface area contributed by atoms with Gasteiger partial charge in [0.2, 0.25) is 0 Å². The second-order valence-electron chi connectivity index (χ2n) is 10.3. The average Bonchev–Trinajstić information content (AvgIpc) is 3.46. The van der Waals surface area contributed by atoms with Crippen LogP contribution in [0.15, 0.2) is 72.8 Å². The van der Waals surface area contributed by atoms with Gasteiger partial charge in [-0.05, 0) is 77.1 Å². The Labute approximate surface area is 233 Å². The monoisotopic (exact) mass is 554 g/mol. The summed E-state index contributed by atoms with van der Waals surface area (Å²) in [5.41, 5.74) is 3.29. The molecule has 41 heavy (non-hydrogen) atoms. The van der Waals surface area contributed by atoms with Gasteiger partial charge in [0.25, 0.3) is 0 Å². The van der Waals surface area contributed by atoms with Gasteiger partial charge in [-0.1, -0.05) is 36.4 Å². The van der Waals surface area contributed by atoms with Crippen molar-refractivity contribution in [1.29, 1.82) is 0 Å². The Morgan fingerprint density at radius 1 is 0.829 bits per heavy atom. The fourth-order valence-corrected chi connectivity index (χ4v) is 5.72. The molecule has 9 heteroatoms. The van der Waals surface area contributed by atoms with Crippen LogP contribution in [0.25, 0.3) is 6.08 Å². The standard InChI is InChI=1S/C32H23FO8/c33-20-8-6-19(7-9-20)27(34)12-5-17-1-3-18(4-2-17)16-39-21-10-11-22-23(25-15-28(35)40-30(25)36)14-26-29(24(22)13-21)32(38)41-31(26)37/h1-13,23,25-26,29H,14-16H2/b12-5+. The maximum absolute atomic E-state index is 13.1. The van der Waals surface area contributed by atoms with Crippen molar-refractivity contribution in [2.24, 2.45) is 11.8 Å². The van der Waals surface area contributed by atoms with Gasteiger partial charge in [-0.3, -0.25) is 24.0 Å². The van der Waals surface area contributed by atoms with Crippen LogP contribution < -0.4 is 4.74 Å². The molecule has 2 aliphatic heterocycles. The van der Waals surface area contributed by atoms with Gasteiger partial charge in [0.1, 0.15) is 18.2 Å². The Balaban J connectivity index is 1.16. The second-order valence-corrected chi connectivity index (χ2v) is 10.3. The number of benzene rings is 3. The molecule has 0 saturated carbocycles. The summed E-state index contributed by atoms with van der Waals surface area (Å²) in [5, 5.41) is 0. The first-order chi connectivity index (χ1) is 19.8. The summed E-state index contributed by atoms with van der Waals surface area (Å²) in [7, 11) is 0. The number of halogens is 1. The van der Waals surface area contributed by atoms with E-state index < -0.39 is 53.4 Å². The Morgan fingerprint density at radius 3 is 2.27 bits per heavy atom. The predicted molar refractivity (Wildman–Crippen MR) is 141 cm³/mol. The zero-order chi connectivity index (χ0) is 28.7. The second kappa shape index (κ2) is 10.6. The fourth-order valence-electron chi connectivity index (χ4n) is 5.72. The topological polar surface area (TPSA) is 113 Å². The van der Waals surface area contributed by atoms with Crippen LogP contribution in [0.4, 0.5) is 4.39 Å². The highest BCUT2D eigenvalue weighted by molar-refractivity contribution is 6.06. The highest BCUT2D eigenvalue weighted by Gasteiger charge is 2.53.